The second-order valence-electron chi connectivity index (χ2n) is 6.09. The Balaban J connectivity index is 2.47. The van der Waals surface area contributed by atoms with Crippen LogP contribution in [0.2, 0.25) is 0 Å². The summed E-state index contributed by atoms with van der Waals surface area (Å²) in [4.78, 5) is 24.8. The van der Waals surface area contributed by atoms with Gasteiger partial charge in [0.25, 0.3) is 0 Å². The number of nitrogens with zero attached hydrogens (tertiary/aromatic N) is 1. The minimum atomic E-state index is -0.00263. The normalized spacial score (nSPS) is 18.3. The highest BCUT2D eigenvalue weighted by atomic mass is 32.2. The van der Waals surface area contributed by atoms with Gasteiger partial charge in [0.1, 0.15) is 0 Å². The number of unbranched alkanes of at least 4 members (excludes halogenated alkanes) is 3. The molecule has 1 rings (SSSR count). The quantitative estimate of drug-likeness (QED) is 0.470. The number of hydrogen-bond donors (Lipinski definition) is 1. The number of carbonyl (C=O) groups is 2. The lowest BCUT2D eigenvalue weighted by Crippen LogP contribution is -2.35. The van der Waals surface area contributed by atoms with E-state index in [-0.39, 0.29) is 16.6 Å². The molecule has 4 nitrogen and oxygen atoms in total. The number of carbonyl (C=O) groups excluding carboxylic acids is 2. The van der Waals surface area contributed by atoms with Gasteiger partial charge in [0.05, 0.1) is 0 Å². The van der Waals surface area contributed by atoms with Crippen LogP contribution < -0.4 is 5.73 Å². The van der Waals surface area contributed by atoms with Gasteiger partial charge in [0.15, 0.2) is 0 Å². The van der Waals surface area contributed by atoms with E-state index in [4.69, 9.17) is 5.73 Å². The Bertz CT molecular complexity index is 333. The van der Waals surface area contributed by atoms with Crippen LogP contribution in [0.1, 0.15) is 65.2 Å². The molecule has 1 saturated heterocycles. The number of imide groups is 1. The lowest BCUT2D eigenvalue weighted by Gasteiger charge is -2.31. The minimum Gasteiger partial charge on any atom is -0.330 e. The van der Waals surface area contributed by atoms with Crippen molar-refractivity contribution in [1.29, 1.82) is 0 Å². The van der Waals surface area contributed by atoms with Crippen molar-refractivity contribution < 1.29 is 9.59 Å². The molecular formula is C16H30N2O2S. The molecule has 1 fully saturated rings. The summed E-state index contributed by atoms with van der Waals surface area (Å²) in [6.45, 7) is 5.72. The van der Waals surface area contributed by atoms with Crippen molar-refractivity contribution in [3.05, 3.63) is 0 Å². The average molecular weight is 314 g/mol. The van der Waals surface area contributed by atoms with Crippen molar-refractivity contribution in [3.8, 4) is 0 Å². The molecule has 1 heterocycles. The predicted octanol–water partition coefficient (Wildman–Crippen LogP) is 2.95. The van der Waals surface area contributed by atoms with Crippen molar-refractivity contribution in [3.63, 3.8) is 0 Å². The zero-order valence-corrected chi connectivity index (χ0v) is 14.3. The van der Waals surface area contributed by atoms with Gasteiger partial charge in [-0.3, -0.25) is 14.5 Å². The Labute approximate surface area is 133 Å². The Morgan fingerprint density at radius 3 is 2.38 bits per heavy atom. The minimum absolute atomic E-state index is 0.00263. The van der Waals surface area contributed by atoms with E-state index in [1.54, 1.807) is 0 Å². The number of nitrogens with two attached hydrogens (primary N) is 1. The number of likely N-dealkylation sites (tertiary alicyclic amines) is 1. The second-order valence-corrected chi connectivity index (χ2v) is 7.77. The largest absolute Gasteiger partial charge is 0.330 e. The van der Waals surface area contributed by atoms with E-state index in [0.29, 0.717) is 25.9 Å². The number of rotatable bonds is 11. The SMILES string of the molecule is CCCCCCC(C)(CCN1C(=O)CCC1=O)SCCN. The van der Waals surface area contributed by atoms with Gasteiger partial charge in [-0.1, -0.05) is 39.5 Å². The zero-order valence-electron chi connectivity index (χ0n) is 13.5. The van der Waals surface area contributed by atoms with Crippen LogP contribution in [0.3, 0.4) is 0 Å². The fraction of sp³-hybridized carbons (Fsp3) is 0.875. The summed E-state index contributed by atoms with van der Waals surface area (Å²) in [5, 5.41) is 0. The summed E-state index contributed by atoms with van der Waals surface area (Å²) in [5.41, 5.74) is 5.63. The zero-order chi connectivity index (χ0) is 15.7. The van der Waals surface area contributed by atoms with Crippen molar-refractivity contribution >= 4 is 23.6 Å². The van der Waals surface area contributed by atoms with Crippen LogP contribution in [0.25, 0.3) is 0 Å². The van der Waals surface area contributed by atoms with Crippen LogP contribution in [0.4, 0.5) is 0 Å². The van der Waals surface area contributed by atoms with Gasteiger partial charge in [-0.2, -0.15) is 11.8 Å². The molecule has 2 amide bonds. The smallest absolute Gasteiger partial charge is 0.229 e. The first-order valence-electron chi connectivity index (χ1n) is 8.19. The third-order valence-corrected chi connectivity index (χ3v) is 5.69. The summed E-state index contributed by atoms with van der Waals surface area (Å²) in [7, 11) is 0. The predicted molar refractivity (Wildman–Crippen MR) is 89.2 cm³/mol. The van der Waals surface area contributed by atoms with Gasteiger partial charge in [-0.15, -0.1) is 0 Å². The second kappa shape index (κ2) is 9.46. The lowest BCUT2D eigenvalue weighted by molar-refractivity contribution is -0.138. The van der Waals surface area contributed by atoms with E-state index in [2.05, 4.69) is 13.8 Å². The third kappa shape index (κ3) is 6.39. The van der Waals surface area contributed by atoms with E-state index < -0.39 is 0 Å². The van der Waals surface area contributed by atoms with Gasteiger partial charge in [0, 0.05) is 36.4 Å². The molecule has 0 aromatic carbocycles. The van der Waals surface area contributed by atoms with Crippen molar-refractivity contribution in [1.82, 2.24) is 4.90 Å². The highest BCUT2D eigenvalue weighted by Crippen LogP contribution is 2.34. The summed E-state index contributed by atoms with van der Waals surface area (Å²) in [6, 6.07) is 0. The highest BCUT2D eigenvalue weighted by molar-refractivity contribution is 8.00. The van der Waals surface area contributed by atoms with Crippen LogP contribution in [-0.2, 0) is 9.59 Å². The topological polar surface area (TPSA) is 63.4 Å². The first-order valence-corrected chi connectivity index (χ1v) is 9.18. The molecule has 0 radical (unpaired) electrons. The van der Waals surface area contributed by atoms with Gasteiger partial charge >= 0.3 is 0 Å². The molecule has 21 heavy (non-hydrogen) atoms. The van der Waals surface area contributed by atoms with Crippen LogP contribution in [0.15, 0.2) is 0 Å². The summed E-state index contributed by atoms with van der Waals surface area (Å²) in [5.74, 6) is 0.931. The van der Waals surface area contributed by atoms with Crippen LogP contribution in [0, 0.1) is 0 Å². The molecule has 1 aliphatic heterocycles. The molecule has 0 bridgehead atoms. The molecule has 1 unspecified atom stereocenters. The molecular weight excluding hydrogens is 284 g/mol. The fourth-order valence-electron chi connectivity index (χ4n) is 2.72. The molecule has 122 valence electrons. The molecule has 0 saturated carbocycles. The van der Waals surface area contributed by atoms with Crippen LogP contribution in [-0.4, -0.2) is 40.3 Å². The molecule has 1 aliphatic rings. The molecule has 0 aromatic rings. The number of hydrogen-bond acceptors (Lipinski definition) is 4. The van der Waals surface area contributed by atoms with E-state index in [1.165, 1.54) is 30.6 Å². The standard InChI is InChI=1S/C16H30N2O2S/c1-3-4-5-6-9-16(2,21-13-11-17)10-12-18-14(19)7-8-15(18)20/h3-13,17H2,1-2H3. The summed E-state index contributed by atoms with van der Waals surface area (Å²) < 4.78 is 0.121. The van der Waals surface area contributed by atoms with Crippen LogP contribution >= 0.6 is 11.8 Å². The highest BCUT2D eigenvalue weighted by Gasteiger charge is 2.32. The first kappa shape index (κ1) is 18.5. The Kier molecular flexibility index (Phi) is 8.34. The van der Waals surface area contributed by atoms with Crippen molar-refractivity contribution in [2.24, 2.45) is 5.73 Å². The van der Waals surface area contributed by atoms with Gasteiger partial charge in [0.2, 0.25) is 11.8 Å². The van der Waals surface area contributed by atoms with E-state index in [0.717, 1.165) is 18.6 Å². The Morgan fingerprint density at radius 2 is 1.81 bits per heavy atom. The fourth-order valence-corrected chi connectivity index (χ4v) is 3.86. The van der Waals surface area contributed by atoms with E-state index in [9.17, 15) is 9.59 Å². The molecule has 0 spiro atoms. The maximum Gasteiger partial charge on any atom is 0.229 e. The van der Waals surface area contributed by atoms with Gasteiger partial charge < -0.3 is 5.73 Å². The van der Waals surface area contributed by atoms with Crippen molar-refractivity contribution in [2.45, 2.75) is 70.0 Å². The Hall–Kier alpha value is -0.550. The Morgan fingerprint density at radius 1 is 1.14 bits per heavy atom. The van der Waals surface area contributed by atoms with E-state index in [1.807, 2.05) is 11.8 Å². The average Bonchev–Trinajstić information content (AvgIpc) is 2.79. The van der Waals surface area contributed by atoms with E-state index >= 15 is 0 Å². The maximum absolute atomic E-state index is 11.7. The summed E-state index contributed by atoms with van der Waals surface area (Å²) >= 11 is 1.89. The van der Waals surface area contributed by atoms with Crippen molar-refractivity contribution in [2.75, 3.05) is 18.8 Å². The molecule has 2 N–H and O–H groups in total. The summed E-state index contributed by atoms with van der Waals surface area (Å²) in [6.07, 6.45) is 7.78. The van der Waals surface area contributed by atoms with Gasteiger partial charge in [-0.25, -0.2) is 0 Å². The monoisotopic (exact) mass is 314 g/mol. The number of thioether (sulfide) groups is 1. The first-order chi connectivity index (χ1) is 10.0. The molecule has 0 aliphatic carbocycles. The molecule has 1 atom stereocenters. The maximum atomic E-state index is 11.7. The van der Waals surface area contributed by atoms with Gasteiger partial charge in [-0.05, 0) is 12.8 Å². The van der Waals surface area contributed by atoms with Crippen LogP contribution in [0.5, 0.6) is 0 Å². The number of amides is 2. The lowest BCUT2D eigenvalue weighted by atomic mass is 9.98. The molecule has 5 heteroatoms. The molecule has 0 aromatic heterocycles. The third-order valence-electron chi connectivity index (χ3n) is 4.15.